The molecule has 3 nitrogen and oxygen atoms in total. The highest BCUT2D eigenvalue weighted by Gasteiger charge is 2.28. The summed E-state index contributed by atoms with van der Waals surface area (Å²) in [6, 6.07) is 2.60. The SMILES string of the molecule is CCCCC1CCC(C(NC)c2ccn(C)n2)CC1. The van der Waals surface area contributed by atoms with Crippen LogP contribution in [0.2, 0.25) is 0 Å². The molecule has 1 unspecified atom stereocenters. The first-order chi connectivity index (χ1) is 9.24. The second kappa shape index (κ2) is 7.09. The molecule has 1 N–H and O–H groups in total. The number of rotatable bonds is 6. The molecule has 0 amide bonds. The third-order valence-electron chi connectivity index (χ3n) is 4.69. The van der Waals surface area contributed by atoms with Gasteiger partial charge in [-0.25, -0.2) is 0 Å². The molecule has 0 bridgehead atoms. The van der Waals surface area contributed by atoms with Gasteiger partial charge in [-0.1, -0.05) is 39.0 Å². The lowest BCUT2D eigenvalue weighted by atomic mass is 9.76. The molecule has 1 aliphatic carbocycles. The second-order valence-electron chi connectivity index (χ2n) is 6.10. The summed E-state index contributed by atoms with van der Waals surface area (Å²) in [5.41, 5.74) is 1.21. The van der Waals surface area contributed by atoms with Crippen LogP contribution in [0.4, 0.5) is 0 Å². The van der Waals surface area contributed by atoms with Gasteiger partial charge in [-0.15, -0.1) is 0 Å². The van der Waals surface area contributed by atoms with E-state index in [4.69, 9.17) is 0 Å². The Labute approximate surface area is 117 Å². The summed E-state index contributed by atoms with van der Waals surface area (Å²) in [7, 11) is 4.07. The Morgan fingerprint density at radius 3 is 2.63 bits per heavy atom. The van der Waals surface area contributed by atoms with Crippen molar-refractivity contribution >= 4 is 0 Å². The van der Waals surface area contributed by atoms with Crippen LogP contribution in [0.15, 0.2) is 12.3 Å². The molecular weight excluding hydrogens is 234 g/mol. The van der Waals surface area contributed by atoms with Gasteiger partial charge < -0.3 is 5.32 Å². The maximum absolute atomic E-state index is 4.58. The molecule has 0 radical (unpaired) electrons. The molecule has 0 aliphatic heterocycles. The van der Waals surface area contributed by atoms with Crippen molar-refractivity contribution < 1.29 is 0 Å². The summed E-state index contributed by atoms with van der Waals surface area (Å²) in [6.07, 6.45) is 11.8. The van der Waals surface area contributed by atoms with Crippen molar-refractivity contribution in [2.75, 3.05) is 7.05 Å². The lowest BCUT2D eigenvalue weighted by Gasteiger charge is -2.33. The first-order valence-electron chi connectivity index (χ1n) is 7.91. The Bertz CT molecular complexity index is 364. The van der Waals surface area contributed by atoms with Crippen LogP contribution in [0.5, 0.6) is 0 Å². The zero-order chi connectivity index (χ0) is 13.7. The van der Waals surface area contributed by atoms with E-state index in [-0.39, 0.29) is 0 Å². The van der Waals surface area contributed by atoms with Crippen molar-refractivity contribution in [3.8, 4) is 0 Å². The number of aryl methyl sites for hydroxylation is 1. The Morgan fingerprint density at radius 2 is 2.11 bits per heavy atom. The first-order valence-corrected chi connectivity index (χ1v) is 7.91. The van der Waals surface area contributed by atoms with Gasteiger partial charge in [0.2, 0.25) is 0 Å². The zero-order valence-corrected chi connectivity index (χ0v) is 12.7. The molecule has 2 rings (SSSR count). The number of nitrogens with one attached hydrogen (secondary N) is 1. The van der Waals surface area contributed by atoms with Crippen molar-refractivity contribution in [1.29, 1.82) is 0 Å². The van der Waals surface area contributed by atoms with Gasteiger partial charge in [-0.2, -0.15) is 5.10 Å². The predicted molar refractivity (Wildman–Crippen MR) is 80.0 cm³/mol. The number of nitrogens with zero attached hydrogens (tertiary/aromatic N) is 2. The van der Waals surface area contributed by atoms with Crippen molar-refractivity contribution in [2.45, 2.75) is 57.9 Å². The largest absolute Gasteiger partial charge is 0.311 e. The van der Waals surface area contributed by atoms with Crippen molar-refractivity contribution in [3.63, 3.8) is 0 Å². The number of hydrogen-bond donors (Lipinski definition) is 1. The molecule has 1 heterocycles. The quantitative estimate of drug-likeness (QED) is 0.848. The van der Waals surface area contributed by atoms with Gasteiger partial charge in [-0.3, -0.25) is 4.68 Å². The maximum atomic E-state index is 4.58. The standard InChI is InChI=1S/C16H29N3/c1-4-5-6-13-7-9-14(10-8-13)16(17-2)15-11-12-19(3)18-15/h11-14,16-17H,4-10H2,1-3H3. The fourth-order valence-corrected chi connectivity index (χ4v) is 3.53. The highest BCUT2D eigenvalue weighted by Crippen LogP contribution is 2.37. The van der Waals surface area contributed by atoms with E-state index in [9.17, 15) is 0 Å². The van der Waals surface area contributed by atoms with Crippen molar-refractivity contribution in [1.82, 2.24) is 15.1 Å². The van der Waals surface area contributed by atoms with Crippen LogP contribution in [0, 0.1) is 11.8 Å². The van der Waals surface area contributed by atoms with E-state index in [1.54, 1.807) is 0 Å². The highest BCUT2D eigenvalue weighted by atomic mass is 15.3. The monoisotopic (exact) mass is 263 g/mol. The third-order valence-corrected chi connectivity index (χ3v) is 4.69. The van der Waals surface area contributed by atoms with E-state index in [2.05, 4.69) is 30.5 Å². The molecule has 1 saturated carbocycles. The summed E-state index contributed by atoms with van der Waals surface area (Å²) in [4.78, 5) is 0. The molecule has 3 heteroatoms. The van der Waals surface area contributed by atoms with Crippen LogP contribution in [-0.4, -0.2) is 16.8 Å². The molecule has 19 heavy (non-hydrogen) atoms. The van der Waals surface area contributed by atoms with E-state index < -0.39 is 0 Å². The van der Waals surface area contributed by atoms with Crippen LogP contribution in [0.25, 0.3) is 0 Å². The minimum Gasteiger partial charge on any atom is -0.311 e. The summed E-state index contributed by atoms with van der Waals surface area (Å²) in [5.74, 6) is 1.75. The van der Waals surface area contributed by atoms with Crippen molar-refractivity contribution in [2.24, 2.45) is 18.9 Å². The number of hydrogen-bond acceptors (Lipinski definition) is 2. The van der Waals surface area contributed by atoms with E-state index in [1.165, 1.54) is 50.6 Å². The second-order valence-corrected chi connectivity index (χ2v) is 6.10. The summed E-state index contributed by atoms with van der Waals surface area (Å²) in [6.45, 7) is 2.30. The molecular formula is C16H29N3. The number of aromatic nitrogens is 2. The van der Waals surface area contributed by atoms with Gasteiger partial charge in [0.25, 0.3) is 0 Å². The summed E-state index contributed by atoms with van der Waals surface area (Å²) >= 11 is 0. The lowest BCUT2D eigenvalue weighted by Crippen LogP contribution is -2.29. The van der Waals surface area contributed by atoms with Crippen LogP contribution < -0.4 is 5.32 Å². The van der Waals surface area contributed by atoms with Crippen LogP contribution in [0.1, 0.15) is 63.6 Å². The molecule has 108 valence electrons. The molecule has 1 aromatic heterocycles. The molecule has 1 fully saturated rings. The minimum atomic E-state index is 0.438. The zero-order valence-electron chi connectivity index (χ0n) is 12.7. The van der Waals surface area contributed by atoms with E-state index in [0.29, 0.717) is 6.04 Å². The van der Waals surface area contributed by atoms with Gasteiger partial charge >= 0.3 is 0 Å². The number of unbranched alkanes of at least 4 members (excludes halogenated alkanes) is 1. The van der Waals surface area contributed by atoms with Gasteiger partial charge in [0.1, 0.15) is 0 Å². The molecule has 0 aromatic carbocycles. The summed E-state index contributed by atoms with van der Waals surface area (Å²) in [5, 5.41) is 8.06. The van der Waals surface area contributed by atoms with E-state index in [1.807, 2.05) is 17.9 Å². The first kappa shape index (κ1) is 14.6. The smallest absolute Gasteiger partial charge is 0.0796 e. The van der Waals surface area contributed by atoms with E-state index >= 15 is 0 Å². The van der Waals surface area contributed by atoms with E-state index in [0.717, 1.165) is 11.8 Å². The normalized spacial score (nSPS) is 25.4. The van der Waals surface area contributed by atoms with Gasteiger partial charge in [0.15, 0.2) is 0 Å². The van der Waals surface area contributed by atoms with Crippen LogP contribution in [0.3, 0.4) is 0 Å². The fourth-order valence-electron chi connectivity index (χ4n) is 3.53. The topological polar surface area (TPSA) is 29.9 Å². The predicted octanol–water partition coefficient (Wildman–Crippen LogP) is 3.68. The highest BCUT2D eigenvalue weighted by molar-refractivity contribution is 5.07. The molecule has 1 atom stereocenters. The van der Waals surface area contributed by atoms with Crippen molar-refractivity contribution in [3.05, 3.63) is 18.0 Å². The third kappa shape index (κ3) is 3.82. The average molecular weight is 263 g/mol. The van der Waals surface area contributed by atoms with Crippen LogP contribution >= 0.6 is 0 Å². The average Bonchev–Trinajstić information content (AvgIpc) is 2.85. The Balaban J connectivity index is 1.88. The minimum absolute atomic E-state index is 0.438. The van der Waals surface area contributed by atoms with Gasteiger partial charge in [0, 0.05) is 13.2 Å². The summed E-state index contributed by atoms with van der Waals surface area (Å²) < 4.78 is 1.91. The van der Waals surface area contributed by atoms with Gasteiger partial charge in [0.05, 0.1) is 11.7 Å². The fraction of sp³-hybridized carbons (Fsp3) is 0.812. The van der Waals surface area contributed by atoms with Crippen LogP contribution in [-0.2, 0) is 7.05 Å². The molecule has 1 aromatic rings. The Kier molecular flexibility index (Phi) is 5.44. The molecule has 0 spiro atoms. The molecule has 0 saturated heterocycles. The maximum Gasteiger partial charge on any atom is 0.0796 e. The Morgan fingerprint density at radius 1 is 1.37 bits per heavy atom. The van der Waals surface area contributed by atoms with Gasteiger partial charge in [-0.05, 0) is 37.8 Å². The molecule has 1 aliphatic rings. The Hall–Kier alpha value is -0.830. The lowest BCUT2D eigenvalue weighted by molar-refractivity contribution is 0.215.